The summed E-state index contributed by atoms with van der Waals surface area (Å²) in [6.07, 6.45) is -0.918. The zero-order valence-electron chi connectivity index (χ0n) is 17.7. The summed E-state index contributed by atoms with van der Waals surface area (Å²) in [5.74, 6) is -0.421. The van der Waals surface area contributed by atoms with E-state index in [1.54, 1.807) is 24.3 Å². The van der Waals surface area contributed by atoms with Gasteiger partial charge < -0.3 is 15.0 Å². The Bertz CT molecular complexity index is 1040. The Kier molecular flexibility index (Phi) is 6.94. The van der Waals surface area contributed by atoms with Crippen molar-refractivity contribution in [2.45, 2.75) is 12.6 Å². The van der Waals surface area contributed by atoms with Crippen molar-refractivity contribution in [3.8, 4) is 5.75 Å². The molecule has 31 heavy (non-hydrogen) atoms. The molecular weight excluding hydrogens is 420 g/mol. The highest BCUT2D eigenvalue weighted by Gasteiger charge is 2.35. The fraction of sp³-hybridized carbons (Fsp3) is 0.333. The molecule has 1 aliphatic rings. The monoisotopic (exact) mass is 446 g/mol. The Balaban J connectivity index is 1.75. The lowest BCUT2D eigenvalue weighted by Crippen LogP contribution is -2.53. The van der Waals surface area contributed by atoms with Crippen molar-refractivity contribution in [1.29, 1.82) is 0 Å². The quantitative estimate of drug-likeness (QED) is 0.679. The molecule has 0 saturated carbocycles. The molecule has 1 N–H and O–H groups in total. The van der Waals surface area contributed by atoms with Crippen LogP contribution in [0.5, 0.6) is 5.75 Å². The SMILES string of the molecule is CN(C)S(=O)(=O)N(C)CC(=O)N1C[C@H](C(=O)NCc2ccccc2)Oc2ccccc21. The van der Waals surface area contributed by atoms with Gasteiger partial charge in [0.25, 0.3) is 16.1 Å². The van der Waals surface area contributed by atoms with Gasteiger partial charge >= 0.3 is 0 Å². The number of likely N-dealkylation sites (N-methyl/N-ethyl adjacent to an activating group) is 1. The molecule has 0 saturated heterocycles. The standard InChI is InChI=1S/C21H26N4O5S/c1-23(2)31(28,29)24(3)15-20(26)25-14-19(30-18-12-8-7-11-17(18)25)21(27)22-13-16-9-5-4-6-10-16/h4-12,19H,13-15H2,1-3H3,(H,22,27)/t19-/m1/s1. The van der Waals surface area contributed by atoms with Crippen LogP contribution in [0.15, 0.2) is 54.6 Å². The van der Waals surface area contributed by atoms with Crippen LogP contribution in [0.1, 0.15) is 5.56 Å². The Morgan fingerprint density at radius 1 is 1.06 bits per heavy atom. The lowest BCUT2D eigenvalue weighted by atomic mass is 10.1. The van der Waals surface area contributed by atoms with Crippen LogP contribution >= 0.6 is 0 Å². The number of carbonyl (C=O) groups excluding carboxylic acids is 2. The van der Waals surface area contributed by atoms with Crippen LogP contribution < -0.4 is 15.0 Å². The number of rotatable bonds is 7. The first-order valence-corrected chi connectivity index (χ1v) is 11.1. The van der Waals surface area contributed by atoms with Gasteiger partial charge in [0, 0.05) is 27.7 Å². The first kappa shape index (κ1) is 22.7. The Morgan fingerprint density at radius 3 is 2.39 bits per heavy atom. The van der Waals surface area contributed by atoms with E-state index < -0.39 is 22.2 Å². The minimum atomic E-state index is -3.75. The molecule has 1 aliphatic heterocycles. The average Bonchev–Trinajstić information content (AvgIpc) is 2.77. The molecule has 0 bridgehead atoms. The van der Waals surface area contributed by atoms with Crippen molar-refractivity contribution in [2.24, 2.45) is 0 Å². The van der Waals surface area contributed by atoms with Crippen LogP contribution in [0, 0.1) is 0 Å². The van der Waals surface area contributed by atoms with E-state index in [9.17, 15) is 18.0 Å². The summed E-state index contributed by atoms with van der Waals surface area (Å²) in [5.41, 5.74) is 1.44. The number of carbonyl (C=O) groups is 2. The summed E-state index contributed by atoms with van der Waals surface area (Å²) in [5, 5.41) is 2.82. The molecule has 0 unspecified atom stereocenters. The number of para-hydroxylation sites is 2. The number of hydrogen-bond acceptors (Lipinski definition) is 5. The molecule has 2 amide bonds. The topological polar surface area (TPSA) is 99.3 Å². The van der Waals surface area contributed by atoms with Crippen molar-refractivity contribution in [3.05, 3.63) is 60.2 Å². The number of ether oxygens (including phenoxy) is 1. The van der Waals surface area contributed by atoms with Crippen LogP contribution in [-0.4, -0.2) is 69.2 Å². The van der Waals surface area contributed by atoms with Crippen molar-refractivity contribution >= 4 is 27.7 Å². The van der Waals surface area contributed by atoms with Gasteiger partial charge in [-0.3, -0.25) is 9.59 Å². The molecule has 2 aromatic carbocycles. The molecule has 0 fully saturated rings. The van der Waals surface area contributed by atoms with Crippen molar-refractivity contribution < 1.29 is 22.7 Å². The fourth-order valence-electron chi connectivity index (χ4n) is 3.14. The van der Waals surface area contributed by atoms with E-state index in [4.69, 9.17) is 4.74 Å². The highest BCUT2D eigenvalue weighted by molar-refractivity contribution is 7.86. The lowest BCUT2D eigenvalue weighted by Gasteiger charge is -2.35. The van der Waals surface area contributed by atoms with Crippen molar-refractivity contribution in [2.75, 3.05) is 39.1 Å². The van der Waals surface area contributed by atoms with E-state index in [1.807, 2.05) is 30.3 Å². The summed E-state index contributed by atoms with van der Waals surface area (Å²) in [6, 6.07) is 16.3. The van der Waals surface area contributed by atoms with E-state index in [2.05, 4.69) is 5.32 Å². The number of hydrogen-bond donors (Lipinski definition) is 1. The second-order valence-electron chi connectivity index (χ2n) is 7.33. The normalized spacial score (nSPS) is 16.0. The Hall–Kier alpha value is -2.95. The first-order valence-electron chi connectivity index (χ1n) is 9.71. The average molecular weight is 447 g/mol. The van der Waals surface area contributed by atoms with Crippen LogP contribution in [0.25, 0.3) is 0 Å². The maximum atomic E-state index is 13.0. The third kappa shape index (κ3) is 5.22. The van der Waals surface area contributed by atoms with E-state index in [-0.39, 0.29) is 19.0 Å². The van der Waals surface area contributed by atoms with Crippen molar-refractivity contribution in [1.82, 2.24) is 13.9 Å². The Morgan fingerprint density at radius 2 is 1.71 bits per heavy atom. The van der Waals surface area contributed by atoms with Gasteiger partial charge in [-0.2, -0.15) is 17.0 Å². The number of amides is 2. The van der Waals surface area contributed by atoms with E-state index in [0.717, 1.165) is 14.2 Å². The fourth-order valence-corrected chi connectivity index (χ4v) is 3.97. The lowest BCUT2D eigenvalue weighted by molar-refractivity contribution is -0.128. The molecule has 0 aliphatic carbocycles. The first-order chi connectivity index (χ1) is 14.7. The van der Waals surface area contributed by atoms with Gasteiger partial charge in [0.1, 0.15) is 5.75 Å². The number of nitrogens with zero attached hydrogens (tertiary/aromatic N) is 3. The van der Waals surface area contributed by atoms with Gasteiger partial charge in [0.15, 0.2) is 6.10 Å². The maximum Gasteiger partial charge on any atom is 0.281 e. The highest BCUT2D eigenvalue weighted by atomic mass is 32.2. The second kappa shape index (κ2) is 9.46. The molecule has 0 radical (unpaired) electrons. The molecular formula is C21H26N4O5S. The maximum absolute atomic E-state index is 13.0. The summed E-state index contributed by atoms with van der Waals surface area (Å²) in [6.45, 7) is -0.0571. The van der Waals surface area contributed by atoms with Gasteiger partial charge in [-0.05, 0) is 17.7 Å². The number of anilines is 1. The van der Waals surface area contributed by atoms with Gasteiger partial charge in [-0.15, -0.1) is 0 Å². The molecule has 1 atom stereocenters. The zero-order chi connectivity index (χ0) is 22.6. The molecule has 0 aromatic heterocycles. The van der Waals surface area contributed by atoms with Gasteiger partial charge in [0.05, 0.1) is 18.8 Å². The molecule has 1 heterocycles. The predicted octanol–water partition coefficient (Wildman–Crippen LogP) is 0.835. The van der Waals surface area contributed by atoms with E-state index in [1.165, 1.54) is 26.0 Å². The highest BCUT2D eigenvalue weighted by Crippen LogP contribution is 2.33. The van der Waals surface area contributed by atoms with Gasteiger partial charge in [-0.25, -0.2) is 0 Å². The van der Waals surface area contributed by atoms with Crippen LogP contribution in [0.2, 0.25) is 0 Å². The van der Waals surface area contributed by atoms with Crippen LogP contribution in [0.4, 0.5) is 5.69 Å². The third-order valence-electron chi connectivity index (χ3n) is 4.89. The summed E-state index contributed by atoms with van der Waals surface area (Å²) in [4.78, 5) is 27.1. The second-order valence-corrected chi connectivity index (χ2v) is 9.58. The van der Waals surface area contributed by atoms with Crippen LogP contribution in [-0.2, 0) is 26.3 Å². The predicted molar refractivity (Wildman–Crippen MR) is 117 cm³/mol. The smallest absolute Gasteiger partial charge is 0.281 e. The molecule has 9 nitrogen and oxygen atoms in total. The van der Waals surface area contributed by atoms with E-state index in [0.29, 0.717) is 18.0 Å². The van der Waals surface area contributed by atoms with E-state index >= 15 is 0 Å². The minimum Gasteiger partial charge on any atom is -0.477 e. The third-order valence-corrected chi connectivity index (χ3v) is 6.73. The Labute approximate surface area is 182 Å². The molecule has 10 heteroatoms. The van der Waals surface area contributed by atoms with Crippen LogP contribution in [0.3, 0.4) is 0 Å². The number of benzene rings is 2. The summed E-state index contributed by atoms with van der Waals surface area (Å²) in [7, 11) is 0.381. The largest absolute Gasteiger partial charge is 0.477 e. The van der Waals surface area contributed by atoms with Crippen molar-refractivity contribution in [3.63, 3.8) is 0 Å². The zero-order valence-corrected chi connectivity index (χ0v) is 18.5. The number of fused-ring (bicyclic) bond motifs is 1. The number of nitrogens with one attached hydrogen (secondary N) is 1. The molecule has 166 valence electrons. The van der Waals surface area contributed by atoms with Gasteiger partial charge in [-0.1, -0.05) is 42.5 Å². The summed E-state index contributed by atoms with van der Waals surface area (Å²) >= 11 is 0. The molecule has 2 aromatic rings. The summed E-state index contributed by atoms with van der Waals surface area (Å²) < 4.78 is 32.4. The minimum absolute atomic E-state index is 0.0215. The molecule has 3 rings (SSSR count). The van der Waals surface area contributed by atoms with Gasteiger partial charge in [0.2, 0.25) is 5.91 Å². The molecule has 0 spiro atoms.